The smallest absolute Gasteiger partial charge is 0.339 e. The third kappa shape index (κ3) is 2.93. The fourth-order valence-corrected chi connectivity index (χ4v) is 2.63. The Bertz CT molecular complexity index is 909. The van der Waals surface area contributed by atoms with Crippen LogP contribution >= 0.6 is 0 Å². The number of aryl methyl sites for hydroxylation is 1. The van der Waals surface area contributed by atoms with Crippen LogP contribution in [-0.2, 0) is 6.42 Å². The number of methoxy groups -OCH3 is 2. The van der Waals surface area contributed by atoms with Crippen molar-refractivity contribution in [2.45, 2.75) is 13.3 Å². The molecule has 1 heterocycles. The average molecular weight is 310 g/mol. The molecule has 0 bridgehead atoms. The van der Waals surface area contributed by atoms with Gasteiger partial charge in [-0.1, -0.05) is 24.3 Å². The summed E-state index contributed by atoms with van der Waals surface area (Å²) < 4.78 is 16.1. The van der Waals surface area contributed by atoms with Gasteiger partial charge in [0, 0.05) is 24.1 Å². The quantitative estimate of drug-likeness (QED) is 0.689. The number of ether oxygens (including phenoxy) is 2. The molecule has 0 aliphatic carbocycles. The molecule has 4 heteroatoms. The molecule has 0 aliphatic heterocycles. The first-order valence-corrected chi connectivity index (χ1v) is 7.35. The molecule has 0 spiro atoms. The largest absolute Gasteiger partial charge is 0.496 e. The summed E-state index contributed by atoms with van der Waals surface area (Å²) in [5, 5.41) is 0.761. The molecule has 23 heavy (non-hydrogen) atoms. The lowest BCUT2D eigenvalue weighted by molar-refractivity contribution is 0.395. The van der Waals surface area contributed by atoms with Gasteiger partial charge in [0.15, 0.2) is 0 Å². The highest BCUT2D eigenvalue weighted by atomic mass is 16.5. The van der Waals surface area contributed by atoms with Crippen LogP contribution in [0.4, 0.5) is 0 Å². The van der Waals surface area contributed by atoms with Crippen LogP contribution in [0.15, 0.2) is 51.7 Å². The van der Waals surface area contributed by atoms with Gasteiger partial charge in [0.05, 0.1) is 19.6 Å². The molecule has 0 aliphatic rings. The first-order chi connectivity index (χ1) is 11.1. The third-order valence-corrected chi connectivity index (χ3v) is 3.96. The molecule has 0 amide bonds. The molecule has 0 fully saturated rings. The normalized spacial score (nSPS) is 10.7. The van der Waals surface area contributed by atoms with Gasteiger partial charge in [-0.05, 0) is 24.1 Å². The standard InChI is InChI=1S/C19H18O4/c1-12-6-4-5-7-13(12)8-14-9-16-17(22-3)10-15(21-2)11-18(16)23-19(14)20/h4-7,9-11H,8H2,1-3H3. The van der Waals surface area contributed by atoms with Crippen molar-refractivity contribution in [2.75, 3.05) is 14.2 Å². The molecule has 4 nitrogen and oxygen atoms in total. The zero-order valence-corrected chi connectivity index (χ0v) is 13.4. The molecule has 3 aromatic rings. The van der Waals surface area contributed by atoms with Crippen molar-refractivity contribution >= 4 is 11.0 Å². The van der Waals surface area contributed by atoms with E-state index in [2.05, 4.69) is 0 Å². The summed E-state index contributed by atoms with van der Waals surface area (Å²) in [6.07, 6.45) is 0.528. The van der Waals surface area contributed by atoms with Gasteiger partial charge in [0.2, 0.25) is 0 Å². The topological polar surface area (TPSA) is 48.7 Å². The fraction of sp³-hybridized carbons (Fsp3) is 0.211. The van der Waals surface area contributed by atoms with Gasteiger partial charge < -0.3 is 13.9 Å². The summed E-state index contributed by atoms with van der Waals surface area (Å²) in [6.45, 7) is 2.03. The van der Waals surface area contributed by atoms with E-state index >= 15 is 0 Å². The van der Waals surface area contributed by atoms with Crippen LogP contribution < -0.4 is 15.1 Å². The van der Waals surface area contributed by atoms with Crippen LogP contribution in [0.3, 0.4) is 0 Å². The van der Waals surface area contributed by atoms with Crippen LogP contribution in [0, 0.1) is 6.92 Å². The van der Waals surface area contributed by atoms with Crippen molar-refractivity contribution in [3.05, 3.63) is 69.6 Å². The van der Waals surface area contributed by atoms with Crippen molar-refractivity contribution in [1.82, 2.24) is 0 Å². The van der Waals surface area contributed by atoms with Crippen LogP contribution in [0.5, 0.6) is 11.5 Å². The number of benzene rings is 2. The number of fused-ring (bicyclic) bond motifs is 1. The van der Waals surface area contributed by atoms with E-state index in [0.29, 0.717) is 29.1 Å². The monoisotopic (exact) mass is 310 g/mol. The van der Waals surface area contributed by atoms with Gasteiger partial charge in [-0.25, -0.2) is 4.79 Å². The zero-order chi connectivity index (χ0) is 16.4. The van der Waals surface area contributed by atoms with Crippen molar-refractivity contribution in [3.8, 4) is 11.5 Å². The maximum atomic E-state index is 12.3. The van der Waals surface area contributed by atoms with Crippen LogP contribution in [0.25, 0.3) is 11.0 Å². The summed E-state index contributed by atoms with van der Waals surface area (Å²) >= 11 is 0. The molecule has 0 radical (unpaired) electrons. The van der Waals surface area contributed by atoms with E-state index < -0.39 is 0 Å². The van der Waals surface area contributed by atoms with Gasteiger partial charge in [0.1, 0.15) is 17.1 Å². The lowest BCUT2D eigenvalue weighted by Gasteiger charge is -2.10. The molecule has 0 unspecified atom stereocenters. The Morgan fingerprint density at radius 3 is 2.48 bits per heavy atom. The highest BCUT2D eigenvalue weighted by molar-refractivity contribution is 5.85. The second-order valence-corrected chi connectivity index (χ2v) is 5.40. The van der Waals surface area contributed by atoms with E-state index in [1.807, 2.05) is 37.3 Å². The Labute approximate surface area is 134 Å². The van der Waals surface area contributed by atoms with Crippen LogP contribution in [0.1, 0.15) is 16.7 Å². The minimum absolute atomic E-state index is 0.337. The summed E-state index contributed by atoms with van der Waals surface area (Å²) in [5.41, 5.74) is 2.98. The Morgan fingerprint density at radius 1 is 1.00 bits per heavy atom. The van der Waals surface area contributed by atoms with Crippen molar-refractivity contribution in [1.29, 1.82) is 0 Å². The van der Waals surface area contributed by atoms with E-state index in [-0.39, 0.29) is 5.63 Å². The summed E-state index contributed by atoms with van der Waals surface area (Å²) in [6, 6.07) is 13.3. The SMILES string of the molecule is COc1cc(OC)c2cc(Cc3ccccc3C)c(=O)oc2c1. The second kappa shape index (κ2) is 6.16. The first-order valence-electron chi connectivity index (χ1n) is 7.35. The molecular weight excluding hydrogens is 292 g/mol. The summed E-state index contributed by atoms with van der Waals surface area (Å²) in [4.78, 5) is 12.3. The highest BCUT2D eigenvalue weighted by Crippen LogP contribution is 2.31. The van der Waals surface area contributed by atoms with Crippen LogP contribution in [0.2, 0.25) is 0 Å². The number of rotatable bonds is 4. The molecule has 1 aromatic heterocycles. The molecule has 0 atom stereocenters. The van der Waals surface area contributed by atoms with Gasteiger partial charge >= 0.3 is 5.63 Å². The molecule has 2 aromatic carbocycles. The highest BCUT2D eigenvalue weighted by Gasteiger charge is 2.12. The predicted octanol–water partition coefficient (Wildman–Crippen LogP) is 3.71. The Morgan fingerprint density at radius 2 is 1.78 bits per heavy atom. The van der Waals surface area contributed by atoms with E-state index in [4.69, 9.17) is 13.9 Å². The van der Waals surface area contributed by atoms with Gasteiger partial charge in [0.25, 0.3) is 0 Å². The van der Waals surface area contributed by atoms with Crippen molar-refractivity contribution in [2.24, 2.45) is 0 Å². The molecule has 0 saturated heterocycles. The molecule has 0 saturated carbocycles. The number of hydrogen-bond donors (Lipinski definition) is 0. The van der Waals surface area contributed by atoms with E-state index in [1.165, 1.54) is 0 Å². The lowest BCUT2D eigenvalue weighted by atomic mass is 10.0. The van der Waals surface area contributed by atoms with E-state index in [0.717, 1.165) is 16.5 Å². The number of hydrogen-bond acceptors (Lipinski definition) is 4. The van der Waals surface area contributed by atoms with Gasteiger partial charge in [-0.3, -0.25) is 0 Å². The van der Waals surface area contributed by atoms with Crippen molar-refractivity contribution < 1.29 is 13.9 Å². The molecular formula is C19H18O4. The first kappa shape index (κ1) is 15.2. The fourth-order valence-electron chi connectivity index (χ4n) is 2.63. The average Bonchev–Trinajstić information content (AvgIpc) is 2.56. The minimum Gasteiger partial charge on any atom is -0.496 e. The zero-order valence-electron chi connectivity index (χ0n) is 13.4. The maximum Gasteiger partial charge on any atom is 0.339 e. The van der Waals surface area contributed by atoms with E-state index in [9.17, 15) is 4.79 Å². The summed E-state index contributed by atoms with van der Waals surface area (Å²) in [5.74, 6) is 1.21. The predicted molar refractivity (Wildman–Crippen MR) is 89.6 cm³/mol. The molecule has 3 rings (SSSR count). The maximum absolute atomic E-state index is 12.3. The minimum atomic E-state index is -0.337. The molecule has 0 N–H and O–H groups in total. The van der Waals surface area contributed by atoms with Gasteiger partial charge in [-0.15, -0.1) is 0 Å². The third-order valence-electron chi connectivity index (χ3n) is 3.96. The summed E-state index contributed by atoms with van der Waals surface area (Å²) in [7, 11) is 3.14. The second-order valence-electron chi connectivity index (χ2n) is 5.40. The van der Waals surface area contributed by atoms with Gasteiger partial charge in [-0.2, -0.15) is 0 Å². The Balaban J connectivity index is 2.14. The van der Waals surface area contributed by atoms with Crippen molar-refractivity contribution in [3.63, 3.8) is 0 Å². The van der Waals surface area contributed by atoms with E-state index in [1.54, 1.807) is 26.4 Å². The molecule has 118 valence electrons. The Kier molecular flexibility index (Phi) is 4.06. The lowest BCUT2D eigenvalue weighted by Crippen LogP contribution is -2.08. The Hall–Kier alpha value is -2.75. The van der Waals surface area contributed by atoms with Crippen LogP contribution in [-0.4, -0.2) is 14.2 Å².